The quantitative estimate of drug-likeness (QED) is 0.208. The van der Waals surface area contributed by atoms with Crippen LogP contribution >= 0.6 is 47.0 Å². The van der Waals surface area contributed by atoms with E-state index in [2.05, 4.69) is 5.32 Å². The van der Waals surface area contributed by atoms with Crippen LogP contribution in [0.2, 0.25) is 15.1 Å². The zero-order chi connectivity index (χ0) is 25.5. The number of Topliss-reactive ketones (excluding diaryl/α,β-unsaturated/α-hetero) is 1. The lowest BCUT2D eigenvalue weighted by atomic mass is 9.99. The molecule has 35 heavy (non-hydrogen) atoms. The molecule has 0 aliphatic rings. The molecule has 3 rings (SSSR count). The second-order valence-electron chi connectivity index (χ2n) is 8.19. The Morgan fingerprint density at radius 2 is 1.43 bits per heavy atom. The van der Waals surface area contributed by atoms with E-state index in [-0.39, 0.29) is 12.2 Å². The van der Waals surface area contributed by atoms with E-state index in [0.717, 1.165) is 16.7 Å². The summed E-state index contributed by atoms with van der Waals surface area (Å²) in [4.78, 5) is 24.7. The standard InChI is InChI=1S/C27H24Cl3NO3S/c1-16-5-2-7-19(28)24(16)26(35)31-22(27(33)34)15-18-13-11-17(12-14-18)6-3-10-23(32)25-20(29)8-4-9-21(25)30/h2,4-5,7-9,11-14,22H,3,6,10,15H2,1H3,(H,31,35)(H,33,34). The van der Waals surface area contributed by atoms with Gasteiger partial charge in [0.2, 0.25) is 0 Å². The first kappa shape index (κ1) is 27.2. The fraction of sp³-hybridized carbons (Fsp3) is 0.222. The molecule has 1 atom stereocenters. The van der Waals surface area contributed by atoms with E-state index in [1.807, 2.05) is 43.3 Å². The number of carbonyl (C=O) groups is 2. The predicted octanol–water partition coefficient (Wildman–Crippen LogP) is 7.12. The molecule has 0 amide bonds. The molecule has 0 radical (unpaired) electrons. The number of benzene rings is 3. The lowest BCUT2D eigenvalue weighted by Crippen LogP contribution is -2.42. The van der Waals surface area contributed by atoms with Crippen molar-refractivity contribution in [3.05, 3.63) is 104 Å². The molecule has 0 saturated carbocycles. The molecule has 0 aromatic heterocycles. The van der Waals surface area contributed by atoms with Gasteiger partial charge in [-0.3, -0.25) is 4.79 Å². The Bertz CT molecular complexity index is 1200. The van der Waals surface area contributed by atoms with Gasteiger partial charge in [-0.2, -0.15) is 0 Å². The second-order valence-corrected chi connectivity index (χ2v) is 9.82. The Morgan fingerprint density at radius 3 is 2.00 bits per heavy atom. The summed E-state index contributed by atoms with van der Waals surface area (Å²) in [6.45, 7) is 1.88. The number of rotatable bonds is 10. The monoisotopic (exact) mass is 547 g/mol. The van der Waals surface area contributed by atoms with E-state index in [4.69, 9.17) is 47.0 Å². The van der Waals surface area contributed by atoms with E-state index in [1.54, 1.807) is 24.3 Å². The SMILES string of the molecule is Cc1cccc(Cl)c1C(=S)NC(Cc1ccc(CCCC(=O)c2c(Cl)cccc2Cl)cc1)C(=O)O. The molecule has 0 bridgehead atoms. The third-order valence-corrected chi connectivity index (χ3v) is 6.89. The number of thiocarbonyl (C=S) groups is 1. The summed E-state index contributed by atoms with van der Waals surface area (Å²) in [5.41, 5.74) is 3.78. The van der Waals surface area contributed by atoms with Crippen molar-refractivity contribution in [2.24, 2.45) is 0 Å². The molecule has 0 aliphatic heterocycles. The molecule has 182 valence electrons. The lowest BCUT2D eigenvalue weighted by molar-refractivity contribution is -0.139. The summed E-state index contributed by atoms with van der Waals surface area (Å²) in [5.74, 6) is -1.09. The summed E-state index contributed by atoms with van der Waals surface area (Å²) >= 11 is 23.9. The Morgan fingerprint density at radius 1 is 0.886 bits per heavy atom. The summed E-state index contributed by atoms with van der Waals surface area (Å²) in [7, 11) is 0. The first-order valence-electron chi connectivity index (χ1n) is 11.0. The van der Waals surface area contributed by atoms with Crippen molar-refractivity contribution >= 4 is 63.8 Å². The van der Waals surface area contributed by atoms with Crippen molar-refractivity contribution in [2.45, 2.75) is 38.6 Å². The predicted molar refractivity (Wildman–Crippen MR) is 146 cm³/mol. The second kappa shape index (κ2) is 12.5. The minimum Gasteiger partial charge on any atom is -0.480 e. The zero-order valence-corrected chi connectivity index (χ0v) is 22.1. The Balaban J connectivity index is 1.57. The largest absolute Gasteiger partial charge is 0.480 e. The third-order valence-electron chi connectivity index (χ3n) is 5.63. The van der Waals surface area contributed by atoms with Gasteiger partial charge in [0.15, 0.2) is 5.78 Å². The van der Waals surface area contributed by atoms with Gasteiger partial charge in [0.05, 0.1) is 20.6 Å². The minimum absolute atomic E-state index is 0.0858. The molecule has 0 fully saturated rings. The number of ketones is 1. The van der Waals surface area contributed by atoms with Crippen LogP contribution in [-0.4, -0.2) is 27.9 Å². The van der Waals surface area contributed by atoms with Crippen LogP contribution in [0.15, 0.2) is 60.7 Å². The third kappa shape index (κ3) is 7.28. The van der Waals surface area contributed by atoms with Gasteiger partial charge in [-0.15, -0.1) is 0 Å². The molecule has 0 heterocycles. The molecule has 2 N–H and O–H groups in total. The molecule has 0 saturated heterocycles. The number of carboxylic acids is 1. The van der Waals surface area contributed by atoms with Crippen LogP contribution in [0.25, 0.3) is 0 Å². The van der Waals surface area contributed by atoms with E-state index in [9.17, 15) is 14.7 Å². The first-order chi connectivity index (χ1) is 16.7. The van der Waals surface area contributed by atoms with Crippen LogP contribution in [0, 0.1) is 6.92 Å². The van der Waals surface area contributed by atoms with Crippen LogP contribution in [0.1, 0.15) is 45.5 Å². The number of halogens is 3. The number of aryl methyl sites for hydroxylation is 2. The van der Waals surface area contributed by atoms with E-state index < -0.39 is 12.0 Å². The average molecular weight is 549 g/mol. The van der Waals surface area contributed by atoms with Gasteiger partial charge in [-0.25, -0.2) is 4.79 Å². The van der Waals surface area contributed by atoms with Gasteiger partial charge < -0.3 is 10.4 Å². The molecule has 3 aromatic rings. The molecular weight excluding hydrogens is 525 g/mol. The fourth-order valence-corrected chi connectivity index (χ4v) is 5.16. The summed E-state index contributed by atoms with van der Waals surface area (Å²) in [5, 5.41) is 13.9. The number of hydrogen-bond donors (Lipinski definition) is 2. The molecular formula is C27H24Cl3NO3S. The number of carboxylic acid groups (broad SMARTS) is 1. The van der Waals surface area contributed by atoms with Gasteiger partial charge in [-0.1, -0.05) is 89.5 Å². The van der Waals surface area contributed by atoms with Gasteiger partial charge >= 0.3 is 5.97 Å². The van der Waals surface area contributed by atoms with Gasteiger partial charge in [-0.05, 0) is 54.7 Å². The number of aliphatic carboxylic acids is 1. The Labute approximate surface area is 225 Å². The molecule has 4 nitrogen and oxygen atoms in total. The normalized spacial score (nSPS) is 11.7. The minimum atomic E-state index is -1.00. The zero-order valence-electron chi connectivity index (χ0n) is 19.0. The maximum absolute atomic E-state index is 12.5. The smallest absolute Gasteiger partial charge is 0.326 e. The summed E-state index contributed by atoms with van der Waals surface area (Å²) in [6, 6.07) is 17.2. The lowest BCUT2D eigenvalue weighted by Gasteiger charge is -2.18. The van der Waals surface area contributed by atoms with Crippen molar-refractivity contribution in [2.75, 3.05) is 0 Å². The molecule has 1 unspecified atom stereocenters. The van der Waals surface area contributed by atoms with Gasteiger partial charge in [0.25, 0.3) is 0 Å². The summed E-state index contributed by atoms with van der Waals surface area (Å²) < 4.78 is 0. The highest BCUT2D eigenvalue weighted by Crippen LogP contribution is 2.26. The van der Waals surface area contributed by atoms with Crippen LogP contribution in [0.4, 0.5) is 0 Å². The molecule has 8 heteroatoms. The number of nitrogens with one attached hydrogen (secondary N) is 1. The Hall–Kier alpha value is -2.44. The van der Waals surface area contributed by atoms with Crippen molar-refractivity contribution < 1.29 is 14.7 Å². The van der Waals surface area contributed by atoms with Gasteiger partial charge in [0.1, 0.15) is 11.0 Å². The van der Waals surface area contributed by atoms with Crippen LogP contribution in [-0.2, 0) is 17.6 Å². The van der Waals surface area contributed by atoms with Crippen molar-refractivity contribution in [3.63, 3.8) is 0 Å². The Kier molecular flexibility index (Phi) is 9.70. The number of hydrogen-bond acceptors (Lipinski definition) is 3. The highest BCUT2D eigenvalue weighted by Gasteiger charge is 2.21. The highest BCUT2D eigenvalue weighted by atomic mass is 35.5. The topological polar surface area (TPSA) is 66.4 Å². The fourth-order valence-electron chi connectivity index (χ4n) is 3.77. The maximum atomic E-state index is 12.5. The highest BCUT2D eigenvalue weighted by molar-refractivity contribution is 7.80. The van der Waals surface area contributed by atoms with Crippen molar-refractivity contribution in [3.8, 4) is 0 Å². The van der Waals surface area contributed by atoms with E-state index in [0.29, 0.717) is 50.4 Å². The molecule has 0 aliphatic carbocycles. The average Bonchev–Trinajstić information content (AvgIpc) is 2.79. The maximum Gasteiger partial charge on any atom is 0.326 e. The van der Waals surface area contributed by atoms with Crippen LogP contribution < -0.4 is 5.32 Å². The van der Waals surface area contributed by atoms with Crippen molar-refractivity contribution in [1.29, 1.82) is 0 Å². The molecule has 3 aromatic carbocycles. The number of carbonyl (C=O) groups excluding carboxylic acids is 1. The van der Waals surface area contributed by atoms with E-state index >= 15 is 0 Å². The molecule has 0 spiro atoms. The van der Waals surface area contributed by atoms with E-state index in [1.165, 1.54) is 0 Å². The van der Waals surface area contributed by atoms with Gasteiger partial charge in [0, 0.05) is 18.4 Å². The summed E-state index contributed by atoms with van der Waals surface area (Å²) in [6.07, 6.45) is 1.92. The van der Waals surface area contributed by atoms with Crippen LogP contribution in [0.5, 0.6) is 0 Å². The van der Waals surface area contributed by atoms with Crippen LogP contribution in [0.3, 0.4) is 0 Å². The first-order valence-corrected chi connectivity index (χ1v) is 12.6. The van der Waals surface area contributed by atoms with Crippen molar-refractivity contribution in [1.82, 2.24) is 5.32 Å².